The first-order chi connectivity index (χ1) is 18.0. The van der Waals surface area contributed by atoms with Crippen LogP contribution in [0.5, 0.6) is 11.5 Å². The van der Waals surface area contributed by atoms with Crippen molar-refractivity contribution < 1.29 is 14.3 Å². The van der Waals surface area contributed by atoms with Crippen molar-refractivity contribution >= 4 is 40.7 Å². The van der Waals surface area contributed by atoms with Gasteiger partial charge in [-0.15, -0.1) is 0 Å². The molecular weight excluding hydrogens is 515 g/mol. The van der Waals surface area contributed by atoms with Crippen LogP contribution in [0.15, 0.2) is 78.0 Å². The summed E-state index contributed by atoms with van der Waals surface area (Å²) in [5.74, 6) is 1.29. The van der Waals surface area contributed by atoms with E-state index in [0.29, 0.717) is 50.0 Å². The quantitative estimate of drug-likeness (QED) is 0.321. The van der Waals surface area contributed by atoms with Crippen LogP contribution in [-0.4, -0.2) is 33.2 Å². The average molecular weight is 537 g/mol. The SMILES string of the molecule is COc1ccccc1NC(=O)C1=C(C)Nc2nnnn2C1c1ccc(OCc2c(Cl)cccc2Cl)cc1. The van der Waals surface area contributed by atoms with Crippen molar-refractivity contribution in [2.45, 2.75) is 19.6 Å². The number of anilines is 2. The van der Waals surface area contributed by atoms with Crippen molar-refractivity contribution in [3.63, 3.8) is 0 Å². The van der Waals surface area contributed by atoms with Gasteiger partial charge in [-0.2, -0.15) is 4.68 Å². The number of rotatable bonds is 7. The van der Waals surface area contributed by atoms with Crippen LogP contribution in [-0.2, 0) is 11.4 Å². The molecule has 0 spiro atoms. The van der Waals surface area contributed by atoms with E-state index in [2.05, 4.69) is 26.2 Å². The number of ether oxygens (including phenoxy) is 2. The smallest absolute Gasteiger partial charge is 0.255 e. The van der Waals surface area contributed by atoms with Crippen molar-refractivity contribution in [2.75, 3.05) is 17.7 Å². The Hall–Kier alpha value is -4.08. The standard InChI is InChI=1S/C26H22Cl2N6O3/c1-15-23(25(35)30-21-8-3-4-9-22(21)36-2)24(34-26(29-15)31-32-33-34)16-10-12-17(13-11-16)37-14-18-19(27)6-5-7-20(18)28/h3-13,24H,14H2,1-2H3,(H,30,35)(H,29,31,33). The van der Waals surface area contributed by atoms with Crippen LogP contribution in [0.2, 0.25) is 10.0 Å². The van der Waals surface area contributed by atoms with E-state index >= 15 is 0 Å². The minimum Gasteiger partial charge on any atom is -0.495 e. The van der Waals surface area contributed by atoms with Crippen LogP contribution in [0.25, 0.3) is 0 Å². The number of nitrogens with one attached hydrogen (secondary N) is 2. The predicted octanol–water partition coefficient (Wildman–Crippen LogP) is 5.50. The molecule has 11 heteroatoms. The van der Waals surface area contributed by atoms with Crippen LogP contribution in [0.1, 0.15) is 24.1 Å². The van der Waals surface area contributed by atoms with Crippen LogP contribution in [0.3, 0.4) is 0 Å². The van der Waals surface area contributed by atoms with Crippen LogP contribution < -0.4 is 20.1 Å². The van der Waals surface area contributed by atoms with Gasteiger partial charge < -0.3 is 20.1 Å². The number of hydrogen-bond acceptors (Lipinski definition) is 7. The highest BCUT2D eigenvalue weighted by molar-refractivity contribution is 6.35. The van der Waals surface area contributed by atoms with Gasteiger partial charge in [-0.25, -0.2) is 0 Å². The van der Waals surface area contributed by atoms with E-state index in [4.69, 9.17) is 32.7 Å². The van der Waals surface area contributed by atoms with Gasteiger partial charge in [0.2, 0.25) is 5.95 Å². The summed E-state index contributed by atoms with van der Waals surface area (Å²) in [5, 5.41) is 19.1. The van der Waals surface area contributed by atoms with E-state index in [1.165, 1.54) is 0 Å². The molecule has 0 saturated carbocycles. The summed E-state index contributed by atoms with van der Waals surface area (Å²) >= 11 is 12.5. The Morgan fingerprint density at radius 3 is 2.51 bits per heavy atom. The molecule has 1 atom stereocenters. The summed E-state index contributed by atoms with van der Waals surface area (Å²) in [6, 6.07) is 19.3. The molecule has 1 aromatic heterocycles. The molecule has 2 heterocycles. The van der Waals surface area contributed by atoms with Gasteiger partial charge in [-0.1, -0.05) is 58.6 Å². The number of hydrogen-bond donors (Lipinski definition) is 2. The highest BCUT2D eigenvalue weighted by Gasteiger charge is 2.34. The van der Waals surface area contributed by atoms with Crippen molar-refractivity contribution in [1.82, 2.24) is 20.2 Å². The Labute approximate surface area is 223 Å². The number of tetrazole rings is 1. The number of amides is 1. The second-order valence-electron chi connectivity index (χ2n) is 8.23. The molecular formula is C26H22Cl2N6O3. The molecule has 0 aliphatic carbocycles. The van der Waals surface area contributed by atoms with Crippen LogP contribution in [0, 0.1) is 0 Å². The van der Waals surface area contributed by atoms with Crippen LogP contribution in [0.4, 0.5) is 11.6 Å². The number of fused-ring (bicyclic) bond motifs is 1. The predicted molar refractivity (Wildman–Crippen MR) is 141 cm³/mol. The third-order valence-corrected chi connectivity index (χ3v) is 6.66. The number of nitrogens with zero attached hydrogens (tertiary/aromatic N) is 4. The monoisotopic (exact) mass is 536 g/mol. The van der Waals surface area contributed by atoms with Crippen molar-refractivity contribution in [2.24, 2.45) is 0 Å². The number of para-hydroxylation sites is 2. The molecule has 9 nitrogen and oxygen atoms in total. The summed E-state index contributed by atoms with van der Waals surface area (Å²) in [6.45, 7) is 2.03. The van der Waals surface area contributed by atoms with Gasteiger partial charge in [0.25, 0.3) is 5.91 Å². The third-order valence-electron chi connectivity index (χ3n) is 5.95. The molecule has 1 aliphatic rings. The Morgan fingerprint density at radius 1 is 1.05 bits per heavy atom. The molecule has 37 heavy (non-hydrogen) atoms. The zero-order chi connectivity index (χ0) is 25.9. The van der Waals surface area contributed by atoms with Gasteiger partial charge in [0, 0.05) is 21.3 Å². The Morgan fingerprint density at radius 2 is 1.78 bits per heavy atom. The molecule has 5 rings (SSSR count). The molecule has 4 aromatic rings. The number of allylic oxidation sites excluding steroid dienone is 1. The number of carbonyl (C=O) groups is 1. The van der Waals surface area contributed by atoms with E-state index in [-0.39, 0.29) is 12.5 Å². The van der Waals surface area contributed by atoms with E-state index in [9.17, 15) is 4.79 Å². The Balaban J connectivity index is 1.43. The van der Waals surface area contributed by atoms with E-state index in [0.717, 1.165) is 5.56 Å². The number of aromatic nitrogens is 4. The lowest BCUT2D eigenvalue weighted by molar-refractivity contribution is -0.113. The highest BCUT2D eigenvalue weighted by atomic mass is 35.5. The number of benzene rings is 3. The molecule has 188 valence electrons. The molecule has 1 aliphatic heterocycles. The second-order valence-corrected chi connectivity index (χ2v) is 9.04. The fraction of sp³-hybridized carbons (Fsp3) is 0.154. The highest BCUT2D eigenvalue weighted by Crippen LogP contribution is 2.36. The lowest BCUT2D eigenvalue weighted by atomic mass is 9.95. The molecule has 1 unspecified atom stereocenters. The maximum Gasteiger partial charge on any atom is 0.255 e. The first kappa shape index (κ1) is 24.6. The van der Waals surface area contributed by atoms with Crippen molar-refractivity contribution in [1.29, 1.82) is 0 Å². The van der Waals surface area contributed by atoms with Gasteiger partial charge >= 0.3 is 0 Å². The fourth-order valence-electron chi connectivity index (χ4n) is 4.12. The number of methoxy groups -OCH3 is 1. The molecule has 0 fully saturated rings. The van der Waals surface area contributed by atoms with Crippen LogP contribution >= 0.6 is 23.2 Å². The van der Waals surface area contributed by atoms with E-state index < -0.39 is 6.04 Å². The maximum absolute atomic E-state index is 13.6. The molecule has 3 aromatic carbocycles. The van der Waals surface area contributed by atoms with Crippen molar-refractivity contribution in [3.05, 3.63) is 99.2 Å². The topological polar surface area (TPSA) is 103 Å². The zero-order valence-electron chi connectivity index (χ0n) is 19.9. The largest absolute Gasteiger partial charge is 0.495 e. The number of carbonyl (C=O) groups excluding carboxylic acids is 1. The molecule has 0 bridgehead atoms. The average Bonchev–Trinajstić information content (AvgIpc) is 3.36. The normalized spacial score (nSPS) is 14.5. The summed E-state index contributed by atoms with van der Waals surface area (Å²) in [7, 11) is 1.55. The molecule has 0 radical (unpaired) electrons. The summed E-state index contributed by atoms with van der Waals surface area (Å²) < 4.78 is 12.9. The first-order valence-electron chi connectivity index (χ1n) is 11.3. The summed E-state index contributed by atoms with van der Waals surface area (Å²) in [4.78, 5) is 13.6. The molecule has 2 N–H and O–H groups in total. The second kappa shape index (κ2) is 10.5. The first-order valence-corrected chi connectivity index (χ1v) is 12.1. The summed E-state index contributed by atoms with van der Waals surface area (Å²) in [5.41, 5.74) is 3.15. The number of halogens is 2. The third kappa shape index (κ3) is 4.96. The minimum atomic E-state index is -0.576. The molecule has 1 amide bonds. The van der Waals surface area contributed by atoms with Gasteiger partial charge in [-0.05, 0) is 59.3 Å². The lowest BCUT2D eigenvalue weighted by Crippen LogP contribution is -2.31. The van der Waals surface area contributed by atoms with E-state index in [1.54, 1.807) is 42.1 Å². The fourth-order valence-corrected chi connectivity index (χ4v) is 4.63. The van der Waals surface area contributed by atoms with Gasteiger partial charge in [0.05, 0.1) is 18.4 Å². The Kier molecular flexibility index (Phi) is 6.98. The van der Waals surface area contributed by atoms with Gasteiger partial charge in [0.1, 0.15) is 24.1 Å². The maximum atomic E-state index is 13.6. The van der Waals surface area contributed by atoms with Gasteiger partial charge in [0.15, 0.2) is 0 Å². The zero-order valence-corrected chi connectivity index (χ0v) is 21.4. The minimum absolute atomic E-state index is 0.216. The summed E-state index contributed by atoms with van der Waals surface area (Å²) in [6.07, 6.45) is 0. The Bertz CT molecular complexity index is 1470. The molecule has 0 saturated heterocycles. The van der Waals surface area contributed by atoms with Crippen molar-refractivity contribution in [3.8, 4) is 11.5 Å². The van der Waals surface area contributed by atoms with E-state index in [1.807, 2.05) is 43.3 Å². The lowest BCUT2D eigenvalue weighted by Gasteiger charge is -2.28. The van der Waals surface area contributed by atoms with Gasteiger partial charge in [-0.3, -0.25) is 4.79 Å².